The Labute approximate surface area is 323 Å². The number of carbonyl (C=O) groups excluding carboxylic acids is 2. The van der Waals surface area contributed by atoms with Gasteiger partial charge >= 0.3 is 19.8 Å². The topological polar surface area (TPSA) is 149 Å². The van der Waals surface area contributed by atoms with Gasteiger partial charge in [0.15, 0.2) is 6.10 Å². The molecule has 53 heavy (non-hydrogen) atoms. The average molecular weight is 775 g/mol. The fraction of sp³-hybridized carbons (Fsp3) is 0.857. The van der Waals surface area contributed by atoms with Crippen molar-refractivity contribution in [1.29, 1.82) is 0 Å². The van der Waals surface area contributed by atoms with Crippen molar-refractivity contribution < 1.29 is 47.8 Å². The van der Waals surface area contributed by atoms with Crippen LogP contribution in [-0.2, 0) is 32.7 Å². The number of allylic oxidation sites excluding steroid dienone is 4. The number of phosphoric acid groups is 1. The normalized spacial score (nSPS) is 14.1. The van der Waals surface area contributed by atoms with Crippen molar-refractivity contribution in [2.45, 2.75) is 206 Å². The Balaban J connectivity index is 4.36. The molecule has 0 aliphatic carbocycles. The number of aliphatic hydroxyl groups excluding tert-OH is 2. The van der Waals surface area contributed by atoms with Gasteiger partial charge in [-0.2, -0.15) is 0 Å². The van der Waals surface area contributed by atoms with E-state index in [1.54, 1.807) is 0 Å². The van der Waals surface area contributed by atoms with E-state index in [2.05, 4.69) is 36.6 Å². The molecule has 0 aromatic heterocycles. The van der Waals surface area contributed by atoms with Gasteiger partial charge in [0.25, 0.3) is 0 Å². The van der Waals surface area contributed by atoms with Crippen LogP contribution in [0.5, 0.6) is 0 Å². The summed E-state index contributed by atoms with van der Waals surface area (Å²) in [6, 6.07) is 0. The molecule has 10 nitrogen and oxygen atoms in total. The summed E-state index contributed by atoms with van der Waals surface area (Å²) < 4.78 is 32.6. The number of aliphatic hydroxyl groups is 2. The van der Waals surface area contributed by atoms with E-state index >= 15 is 0 Å². The summed E-state index contributed by atoms with van der Waals surface area (Å²) in [4.78, 5) is 34.9. The third-order valence-corrected chi connectivity index (χ3v) is 10.0. The minimum atomic E-state index is -4.62. The summed E-state index contributed by atoms with van der Waals surface area (Å²) >= 11 is 0. The lowest BCUT2D eigenvalue weighted by Gasteiger charge is -2.20. The predicted octanol–water partition coefficient (Wildman–Crippen LogP) is 11.0. The van der Waals surface area contributed by atoms with Gasteiger partial charge in [0.2, 0.25) is 0 Å². The highest BCUT2D eigenvalue weighted by molar-refractivity contribution is 7.47. The van der Waals surface area contributed by atoms with E-state index in [0.717, 1.165) is 38.5 Å². The van der Waals surface area contributed by atoms with E-state index in [0.29, 0.717) is 12.8 Å². The van der Waals surface area contributed by atoms with E-state index in [-0.39, 0.29) is 19.4 Å². The highest BCUT2D eigenvalue weighted by Gasteiger charge is 2.27. The SMILES string of the molecule is CCCCCCCCCC/C=C/CCCCCC(=O)O[C@H](COC(=O)CC/C=C/CCCCCCCCCCCCC)COP(=O)(O)OC[C@@H](O)CO. The first kappa shape index (κ1) is 51.5. The Hall–Kier alpha value is -1.55. The molecule has 0 amide bonds. The van der Waals surface area contributed by atoms with E-state index < -0.39 is 51.8 Å². The molecular formula is C42H79O10P. The number of phosphoric ester groups is 1. The molecule has 312 valence electrons. The summed E-state index contributed by atoms with van der Waals surface area (Å²) in [5, 5.41) is 18.3. The number of ether oxygens (including phenoxy) is 2. The first-order chi connectivity index (χ1) is 25.7. The Morgan fingerprint density at radius 3 is 1.43 bits per heavy atom. The highest BCUT2D eigenvalue weighted by Crippen LogP contribution is 2.43. The molecule has 0 fully saturated rings. The fourth-order valence-electron chi connectivity index (χ4n) is 5.77. The fourth-order valence-corrected chi connectivity index (χ4v) is 6.56. The number of hydrogen-bond acceptors (Lipinski definition) is 9. The minimum absolute atomic E-state index is 0.157. The third-order valence-electron chi connectivity index (χ3n) is 9.09. The molecule has 1 unspecified atom stereocenters. The van der Waals surface area contributed by atoms with Crippen LogP contribution in [0, 0.1) is 0 Å². The maximum atomic E-state index is 12.6. The minimum Gasteiger partial charge on any atom is -0.462 e. The molecule has 0 aromatic carbocycles. The first-order valence-corrected chi connectivity index (χ1v) is 22.8. The standard InChI is InChI=1S/C42H79O10P/c1-3-5-7-9-11-13-15-17-19-21-23-25-27-29-31-33-41(45)49-37-40(38-51-53(47,48)50-36-39(44)35-43)52-42(46)34-32-30-28-26-24-22-20-18-16-14-12-10-8-6-4-2/h22,24,27,29,39-40,43-44H,3-21,23,25-26,28,30-38H2,1-2H3,(H,47,48)/b24-22+,29-27+/t39-,40+/m0/s1. The molecule has 11 heteroatoms. The van der Waals surface area contributed by atoms with E-state index in [9.17, 15) is 24.2 Å². The molecule has 0 aromatic rings. The van der Waals surface area contributed by atoms with Crippen molar-refractivity contribution in [2.75, 3.05) is 26.4 Å². The van der Waals surface area contributed by atoms with Crippen LogP contribution in [-0.4, -0.2) is 65.7 Å². The molecule has 0 saturated heterocycles. The van der Waals surface area contributed by atoms with Crippen molar-refractivity contribution in [3.05, 3.63) is 24.3 Å². The van der Waals surface area contributed by atoms with Crippen LogP contribution >= 0.6 is 7.82 Å². The van der Waals surface area contributed by atoms with Gasteiger partial charge < -0.3 is 24.6 Å². The lowest BCUT2D eigenvalue weighted by molar-refractivity contribution is -0.161. The lowest BCUT2D eigenvalue weighted by Crippen LogP contribution is -2.29. The molecule has 0 radical (unpaired) electrons. The number of rotatable bonds is 40. The zero-order chi connectivity index (χ0) is 39.1. The third kappa shape index (κ3) is 38.5. The Bertz CT molecular complexity index is 941. The summed E-state index contributed by atoms with van der Waals surface area (Å²) in [6.07, 6.45) is 37.3. The van der Waals surface area contributed by atoms with E-state index in [1.165, 1.54) is 116 Å². The van der Waals surface area contributed by atoms with Crippen molar-refractivity contribution in [1.82, 2.24) is 0 Å². The van der Waals surface area contributed by atoms with Crippen LogP contribution in [0.25, 0.3) is 0 Å². The molecule has 0 aliphatic heterocycles. The average Bonchev–Trinajstić information content (AvgIpc) is 3.14. The van der Waals surface area contributed by atoms with Crippen molar-refractivity contribution in [3.63, 3.8) is 0 Å². The summed E-state index contributed by atoms with van der Waals surface area (Å²) in [6.45, 7) is 2.33. The smallest absolute Gasteiger partial charge is 0.462 e. The number of esters is 2. The summed E-state index contributed by atoms with van der Waals surface area (Å²) in [5.74, 6) is -0.995. The Morgan fingerprint density at radius 1 is 0.547 bits per heavy atom. The van der Waals surface area contributed by atoms with Gasteiger partial charge in [-0.3, -0.25) is 18.6 Å². The van der Waals surface area contributed by atoms with Gasteiger partial charge in [-0.1, -0.05) is 154 Å². The van der Waals surface area contributed by atoms with Crippen LogP contribution in [0.15, 0.2) is 24.3 Å². The Kier molecular flexibility index (Phi) is 37.6. The van der Waals surface area contributed by atoms with Gasteiger partial charge in [-0.05, 0) is 51.4 Å². The number of carbonyl (C=O) groups is 2. The maximum Gasteiger partial charge on any atom is 0.472 e. The first-order valence-electron chi connectivity index (χ1n) is 21.3. The molecule has 0 spiro atoms. The zero-order valence-electron chi connectivity index (χ0n) is 33.7. The lowest BCUT2D eigenvalue weighted by atomic mass is 10.1. The molecule has 0 aliphatic rings. The highest BCUT2D eigenvalue weighted by atomic mass is 31.2. The van der Waals surface area contributed by atoms with E-state index in [1.807, 2.05) is 6.08 Å². The van der Waals surface area contributed by atoms with Crippen LogP contribution in [0.4, 0.5) is 0 Å². The van der Waals surface area contributed by atoms with Crippen LogP contribution in [0.1, 0.15) is 194 Å². The second-order valence-corrected chi connectivity index (χ2v) is 15.8. The molecule has 0 bridgehead atoms. The largest absolute Gasteiger partial charge is 0.472 e. The van der Waals surface area contributed by atoms with E-state index in [4.69, 9.17) is 19.1 Å². The van der Waals surface area contributed by atoms with Crippen LogP contribution < -0.4 is 0 Å². The zero-order valence-corrected chi connectivity index (χ0v) is 34.6. The molecule has 0 saturated carbocycles. The Morgan fingerprint density at radius 2 is 0.962 bits per heavy atom. The van der Waals surface area contributed by atoms with Crippen molar-refractivity contribution in [2.24, 2.45) is 0 Å². The second kappa shape index (κ2) is 38.7. The van der Waals surface area contributed by atoms with Crippen LogP contribution in [0.2, 0.25) is 0 Å². The van der Waals surface area contributed by atoms with Gasteiger partial charge in [-0.15, -0.1) is 0 Å². The quantitative estimate of drug-likeness (QED) is 0.0238. The molecule has 0 heterocycles. The summed E-state index contributed by atoms with van der Waals surface area (Å²) in [7, 11) is -4.62. The van der Waals surface area contributed by atoms with Gasteiger partial charge in [0, 0.05) is 12.8 Å². The molecule has 3 N–H and O–H groups in total. The monoisotopic (exact) mass is 775 g/mol. The van der Waals surface area contributed by atoms with Crippen molar-refractivity contribution in [3.8, 4) is 0 Å². The predicted molar refractivity (Wildman–Crippen MR) is 215 cm³/mol. The number of hydrogen-bond donors (Lipinski definition) is 3. The van der Waals surface area contributed by atoms with Gasteiger partial charge in [-0.25, -0.2) is 4.57 Å². The van der Waals surface area contributed by atoms with Gasteiger partial charge in [0.1, 0.15) is 12.7 Å². The molecular weight excluding hydrogens is 695 g/mol. The molecule has 3 atom stereocenters. The van der Waals surface area contributed by atoms with Crippen molar-refractivity contribution >= 4 is 19.8 Å². The number of unbranched alkanes of at least 4 members (excludes halogenated alkanes) is 22. The van der Waals surface area contributed by atoms with Crippen LogP contribution in [0.3, 0.4) is 0 Å². The van der Waals surface area contributed by atoms with Gasteiger partial charge in [0.05, 0.1) is 19.8 Å². The molecule has 0 rings (SSSR count). The second-order valence-electron chi connectivity index (χ2n) is 14.4. The maximum absolute atomic E-state index is 12.6. The summed E-state index contributed by atoms with van der Waals surface area (Å²) in [5.41, 5.74) is 0.